The Morgan fingerprint density at radius 1 is 1.32 bits per heavy atom. The first-order valence-electron chi connectivity index (χ1n) is 7.39. The molecule has 1 fully saturated rings. The molecule has 5 atom stereocenters. The van der Waals surface area contributed by atoms with Crippen LogP contribution < -0.4 is 0 Å². The Balaban J connectivity index is 2.17. The van der Waals surface area contributed by atoms with Gasteiger partial charge in [0.15, 0.2) is 0 Å². The summed E-state index contributed by atoms with van der Waals surface area (Å²) in [5.74, 6) is 1.96. The van der Waals surface area contributed by atoms with E-state index in [1.54, 1.807) is 24.3 Å². The Bertz CT molecular complexity index is 560. The lowest BCUT2D eigenvalue weighted by Crippen LogP contribution is -2.50. The molecule has 0 spiro atoms. The van der Waals surface area contributed by atoms with Gasteiger partial charge in [-0.05, 0) is 12.1 Å². The smallest absolute Gasteiger partial charge is 0.338 e. The normalized spacial score (nSPS) is 31.0. The van der Waals surface area contributed by atoms with E-state index in [9.17, 15) is 9.59 Å². The van der Waals surface area contributed by atoms with Crippen LogP contribution in [0, 0.1) is 24.2 Å². The van der Waals surface area contributed by atoms with Crippen molar-refractivity contribution in [3.63, 3.8) is 0 Å². The van der Waals surface area contributed by atoms with Crippen LogP contribution in [0.1, 0.15) is 30.6 Å². The van der Waals surface area contributed by atoms with E-state index < -0.39 is 6.10 Å². The van der Waals surface area contributed by atoms with Crippen molar-refractivity contribution < 1.29 is 19.1 Å². The van der Waals surface area contributed by atoms with E-state index in [1.165, 1.54) is 0 Å². The summed E-state index contributed by atoms with van der Waals surface area (Å²) in [6.45, 7) is 3.82. The Labute approximate surface area is 130 Å². The predicted octanol–water partition coefficient (Wildman–Crippen LogP) is 2.47. The highest BCUT2D eigenvalue weighted by atomic mass is 16.6. The molecule has 1 heterocycles. The van der Waals surface area contributed by atoms with Gasteiger partial charge in [-0.1, -0.05) is 38.0 Å². The molecular formula is C18H20O4. The van der Waals surface area contributed by atoms with Crippen molar-refractivity contribution in [2.24, 2.45) is 11.8 Å². The van der Waals surface area contributed by atoms with Crippen molar-refractivity contribution in [1.29, 1.82) is 0 Å². The van der Waals surface area contributed by atoms with Crippen LogP contribution in [-0.2, 0) is 14.3 Å². The van der Waals surface area contributed by atoms with Crippen LogP contribution in [0.4, 0.5) is 0 Å². The van der Waals surface area contributed by atoms with Crippen LogP contribution in [0.5, 0.6) is 0 Å². The largest absolute Gasteiger partial charge is 0.458 e. The van der Waals surface area contributed by atoms with Crippen molar-refractivity contribution >= 4 is 12.3 Å². The standard InChI is InChI=1S/C18H20O4/c1-4-15-12(2)17(13(3)16(21-15)10-11-19)22-18(20)14-8-6-5-7-9-14/h1,5-9,11-13,15-17H,10H2,2-3H3/t12-,13-,15-,16+,17+/m0/s1. The molecule has 1 saturated heterocycles. The first kappa shape index (κ1) is 16.3. The number of terminal acetylenes is 1. The van der Waals surface area contributed by atoms with Gasteiger partial charge in [0.1, 0.15) is 18.5 Å². The molecule has 0 unspecified atom stereocenters. The molecule has 1 aliphatic heterocycles. The van der Waals surface area contributed by atoms with Gasteiger partial charge < -0.3 is 14.3 Å². The SMILES string of the molecule is C#C[C@@H]1O[C@H](CC=O)[C@H](C)[C@H](OC(=O)c2ccccc2)[C@H]1C. The van der Waals surface area contributed by atoms with Crippen molar-refractivity contribution in [3.05, 3.63) is 35.9 Å². The summed E-state index contributed by atoms with van der Waals surface area (Å²) in [7, 11) is 0. The lowest BCUT2D eigenvalue weighted by Gasteiger charge is -2.42. The number of benzene rings is 1. The third-order valence-electron chi connectivity index (χ3n) is 4.17. The molecule has 0 bridgehead atoms. The van der Waals surface area contributed by atoms with E-state index in [2.05, 4.69) is 5.92 Å². The van der Waals surface area contributed by atoms with E-state index in [1.807, 2.05) is 19.9 Å². The second-order valence-corrected chi connectivity index (χ2v) is 5.62. The number of hydrogen-bond donors (Lipinski definition) is 0. The van der Waals surface area contributed by atoms with E-state index in [-0.39, 0.29) is 36.4 Å². The first-order chi connectivity index (χ1) is 10.6. The lowest BCUT2D eigenvalue weighted by molar-refractivity contribution is -0.150. The molecule has 0 saturated carbocycles. The van der Waals surface area contributed by atoms with Gasteiger partial charge in [-0.15, -0.1) is 6.42 Å². The van der Waals surface area contributed by atoms with Crippen LogP contribution in [0.25, 0.3) is 0 Å². The Morgan fingerprint density at radius 3 is 2.59 bits per heavy atom. The molecule has 0 aromatic heterocycles. The molecule has 0 N–H and O–H groups in total. The zero-order chi connectivity index (χ0) is 16.1. The number of carbonyl (C=O) groups is 2. The summed E-state index contributed by atoms with van der Waals surface area (Å²) in [6.07, 6.45) is 5.37. The minimum Gasteiger partial charge on any atom is -0.458 e. The molecule has 1 aromatic rings. The highest BCUT2D eigenvalue weighted by molar-refractivity contribution is 5.89. The molecule has 1 aromatic carbocycles. The van der Waals surface area contributed by atoms with Crippen LogP contribution in [0.2, 0.25) is 0 Å². The van der Waals surface area contributed by atoms with Gasteiger partial charge in [0, 0.05) is 18.3 Å². The van der Waals surface area contributed by atoms with Gasteiger partial charge in [-0.25, -0.2) is 4.79 Å². The third-order valence-corrected chi connectivity index (χ3v) is 4.17. The highest BCUT2D eigenvalue weighted by Gasteiger charge is 2.42. The maximum atomic E-state index is 12.3. The Hall–Kier alpha value is -2.12. The van der Waals surface area contributed by atoms with Gasteiger partial charge in [0.05, 0.1) is 11.7 Å². The number of aldehydes is 1. The first-order valence-corrected chi connectivity index (χ1v) is 7.39. The second-order valence-electron chi connectivity index (χ2n) is 5.62. The van der Waals surface area contributed by atoms with Gasteiger partial charge in [0.25, 0.3) is 0 Å². The van der Waals surface area contributed by atoms with Crippen molar-refractivity contribution in [2.75, 3.05) is 0 Å². The molecular weight excluding hydrogens is 280 g/mol. The number of carbonyl (C=O) groups excluding carboxylic acids is 2. The molecule has 0 amide bonds. The van der Waals surface area contributed by atoms with E-state index in [4.69, 9.17) is 15.9 Å². The molecule has 1 aliphatic rings. The van der Waals surface area contributed by atoms with Crippen LogP contribution in [0.15, 0.2) is 30.3 Å². The highest BCUT2D eigenvalue weighted by Crippen LogP contribution is 2.33. The lowest BCUT2D eigenvalue weighted by atomic mass is 9.82. The summed E-state index contributed by atoms with van der Waals surface area (Å²) in [4.78, 5) is 23.1. The van der Waals surface area contributed by atoms with Gasteiger partial charge in [-0.2, -0.15) is 0 Å². The van der Waals surface area contributed by atoms with Gasteiger partial charge in [0.2, 0.25) is 0 Å². The second kappa shape index (κ2) is 7.24. The quantitative estimate of drug-likeness (QED) is 0.487. The van der Waals surface area contributed by atoms with E-state index in [0.717, 1.165) is 6.29 Å². The maximum Gasteiger partial charge on any atom is 0.338 e. The Kier molecular flexibility index (Phi) is 5.35. The predicted molar refractivity (Wildman–Crippen MR) is 82.1 cm³/mol. The molecule has 0 aliphatic carbocycles. The fourth-order valence-corrected chi connectivity index (χ4v) is 2.84. The maximum absolute atomic E-state index is 12.3. The summed E-state index contributed by atoms with van der Waals surface area (Å²) in [5.41, 5.74) is 0.498. The Morgan fingerprint density at radius 2 is 2.00 bits per heavy atom. The minimum absolute atomic E-state index is 0.0996. The minimum atomic E-state index is -0.463. The summed E-state index contributed by atoms with van der Waals surface area (Å²) >= 11 is 0. The van der Waals surface area contributed by atoms with E-state index >= 15 is 0 Å². The van der Waals surface area contributed by atoms with Gasteiger partial charge >= 0.3 is 5.97 Å². The zero-order valence-corrected chi connectivity index (χ0v) is 12.8. The number of hydrogen-bond acceptors (Lipinski definition) is 4. The number of rotatable bonds is 4. The van der Waals surface area contributed by atoms with E-state index in [0.29, 0.717) is 5.56 Å². The van der Waals surface area contributed by atoms with Gasteiger partial charge in [-0.3, -0.25) is 0 Å². The monoisotopic (exact) mass is 300 g/mol. The molecule has 4 heteroatoms. The average molecular weight is 300 g/mol. The molecule has 4 nitrogen and oxygen atoms in total. The van der Waals surface area contributed by atoms with Crippen LogP contribution in [-0.4, -0.2) is 30.6 Å². The molecule has 0 radical (unpaired) electrons. The van der Waals surface area contributed by atoms with Crippen molar-refractivity contribution in [1.82, 2.24) is 0 Å². The molecule has 116 valence electrons. The number of esters is 1. The van der Waals surface area contributed by atoms with Crippen molar-refractivity contribution in [3.8, 4) is 12.3 Å². The van der Waals surface area contributed by atoms with Crippen LogP contribution >= 0.6 is 0 Å². The summed E-state index contributed by atoms with van der Waals surface area (Å²) < 4.78 is 11.4. The summed E-state index contributed by atoms with van der Waals surface area (Å²) in [6, 6.07) is 8.82. The zero-order valence-electron chi connectivity index (χ0n) is 12.8. The molecule has 22 heavy (non-hydrogen) atoms. The van der Waals surface area contributed by atoms with Crippen LogP contribution in [0.3, 0.4) is 0 Å². The number of ether oxygens (including phenoxy) is 2. The fraction of sp³-hybridized carbons (Fsp3) is 0.444. The topological polar surface area (TPSA) is 52.6 Å². The molecule has 2 rings (SSSR count). The average Bonchev–Trinajstić information content (AvgIpc) is 2.54. The fourth-order valence-electron chi connectivity index (χ4n) is 2.84. The van der Waals surface area contributed by atoms with Crippen molar-refractivity contribution in [2.45, 2.75) is 38.6 Å². The third kappa shape index (κ3) is 3.37. The summed E-state index contributed by atoms with van der Waals surface area (Å²) in [5, 5.41) is 0.